The van der Waals surface area contributed by atoms with Crippen molar-refractivity contribution in [1.82, 2.24) is 0 Å². The molecule has 1 nitrogen and oxygen atoms in total. The van der Waals surface area contributed by atoms with Crippen molar-refractivity contribution < 1.29 is 4.74 Å². The van der Waals surface area contributed by atoms with Crippen LogP contribution >= 0.6 is 0 Å². The molecule has 0 aromatic carbocycles. The van der Waals surface area contributed by atoms with Gasteiger partial charge in [0, 0.05) is 0 Å². The Hall–Kier alpha value is -0.560. The van der Waals surface area contributed by atoms with Gasteiger partial charge in [0.2, 0.25) is 0 Å². The fourth-order valence-corrected chi connectivity index (χ4v) is 1.68. The van der Waals surface area contributed by atoms with E-state index in [4.69, 9.17) is 4.74 Å². The van der Waals surface area contributed by atoms with Crippen LogP contribution in [-0.4, -0.2) is 12.2 Å². The Kier molecular flexibility index (Phi) is 6.18. The summed E-state index contributed by atoms with van der Waals surface area (Å²) in [5, 5.41) is 0. The molecular weight excluding hydrogens is 208 g/mol. The highest BCUT2D eigenvalue weighted by Gasteiger charge is 2.33. The molecule has 0 aliphatic rings. The van der Waals surface area contributed by atoms with Gasteiger partial charge in [-0.2, -0.15) is 0 Å². The number of hydrogen-bond acceptors (Lipinski definition) is 1. The minimum Gasteiger partial charge on any atom is -0.366 e. The Balaban J connectivity index is 4.87. The van der Waals surface area contributed by atoms with E-state index in [2.05, 4.69) is 54.7 Å². The Morgan fingerprint density at radius 2 is 1.18 bits per heavy atom. The molecule has 0 N–H and O–H groups in total. The van der Waals surface area contributed by atoms with Gasteiger partial charge in [0.05, 0.1) is 12.2 Å². The minimum absolute atomic E-state index is 0.0707. The summed E-state index contributed by atoms with van der Waals surface area (Å²) in [7, 11) is 0. The molecule has 0 spiro atoms. The van der Waals surface area contributed by atoms with Gasteiger partial charge < -0.3 is 4.74 Å². The predicted octanol–water partition coefficient (Wildman–Crippen LogP) is 4.98. The quantitative estimate of drug-likeness (QED) is 0.542. The molecule has 0 aromatic rings. The van der Waals surface area contributed by atoms with Crippen LogP contribution in [0.3, 0.4) is 0 Å². The van der Waals surface area contributed by atoms with Crippen molar-refractivity contribution in [1.29, 1.82) is 0 Å². The van der Waals surface area contributed by atoms with E-state index in [-0.39, 0.29) is 23.0 Å². The third-order valence-corrected chi connectivity index (χ3v) is 4.08. The summed E-state index contributed by atoms with van der Waals surface area (Å²) in [6.07, 6.45) is 6.13. The second kappa shape index (κ2) is 6.39. The van der Waals surface area contributed by atoms with Gasteiger partial charge in [-0.3, -0.25) is 0 Å². The second-order valence-electron chi connectivity index (χ2n) is 6.13. The number of hydrogen-bond donors (Lipinski definition) is 0. The zero-order chi connectivity index (χ0) is 13.7. The highest BCUT2D eigenvalue weighted by molar-refractivity contribution is 4.97. The van der Waals surface area contributed by atoms with Crippen LogP contribution in [0.1, 0.15) is 54.4 Å². The van der Waals surface area contributed by atoms with Gasteiger partial charge in [-0.05, 0) is 23.7 Å². The van der Waals surface area contributed by atoms with Crippen LogP contribution in [0.2, 0.25) is 0 Å². The molecule has 2 unspecified atom stereocenters. The molecule has 0 heterocycles. The molecule has 0 amide bonds. The van der Waals surface area contributed by atoms with Gasteiger partial charge in [0.1, 0.15) is 0 Å². The maximum atomic E-state index is 6.22. The molecule has 0 saturated carbocycles. The van der Waals surface area contributed by atoms with Gasteiger partial charge >= 0.3 is 0 Å². The third-order valence-electron chi connectivity index (χ3n) is 4.08. The molecule has 0 radical (unpaired) electrons. The zero-order valence-corrected chi connectivity index (χ0v) is 12.5. The Labute approximate surface area is 108 Å². The van der Waals surface area contributed by atoms with Crippen LogP contribution < -0.4 is 0 Å². The van der Waals surface area contributed by atoms with Crippen molar-refractivity contribution in [3.05, 3.63) is 25.3 Å². The Bertz CT molecular complexity index is 224. The average Bonchev–Trinajstić information content (AvgIpc) is 2.29. The second-order valence-corrected chi connectivity index (χ2v) is 6.13. The van der Waals surface area contributed by atoms with Gasteiger partial charge in [-0.1, -0.05) is 53.7 Å². The van der Waals surface area contributed by atoms with Gasteiger partial charge in [-0.25, -0.2) is 0 Å². The van der Waals surface area contributed by atoms with E-state index < -0.39 is 0 Å². The first-order valence-electron chi connectivity index (χ1n) is 6.65. The van der Waals surface area contributed by atoms with Crippen LogP contribution in [0.25, 0.3) is 0 Å². The standard InChI is InChI=1S/C16H30O/c1-9-13(15(5,6)11-3)17-14(10-2)16(7,8)12-4/h9-10,13-14H,1-2,11-12H2,3-8H3. The molecule has 0 rings (SSSR count). The predicted molar refractivity (Wildman–Crippen MR) is 77.2 cm³/mol. The fourth-order valence-electron chi connectivity index (χ4n) is 1.68. The van der Waals surface area contributed by atoms with Crippen LogP contribution in [0.4, 0.5) is 0 Å². The van der Waals surface area contributed by atoms with E-state index in [9.17, 15) is 0 Å². The van der Waals surface area contributed by atoms with E-state index in [1.807, 2.05) is 12.2 Å². The smallest absolute Gasteiger partial charge is 0.0812 e. The van der Waals surface area contributed by atoms with Crippen molar-refractivity contribution in [2.24, 2.45) is 10.8 Å². The lowest BCUT2D eigenvalue weighted by Gasteiger charge is -2.38. The number of rotatable bonds is 8. The van der Waals surface area contributed by atoms with E-state index in [1.54, 1.807) is 0 Å². The fraction of sp³-hybridized carbons (Fsp3) is 0.750. The van der Waals surface area contributed by atoms with Crippen LogP contribution in [-0.2, 0) is 4.74 Å². The van der Waals surface area contributed by atoms with Crippen molar-refractivity contribution in [3.8, 4) is 0 Å². The van der Waals surface area contributed by atoms with Crippen molar-refractivity contribution >= 4 is 0 Å². The van der Waals surface area contributed by atoms with Crippen LogP contribution in [0.15, 0.2) is 25.3 Å². The van der Waals surface area contributed by atoms with Crippen LogP contribution in [0.5, 0.6) is 0 Å². The van der Waals surface area contributed by atoms with E-state index >= 15 is 0 Å². The molecule has 0 fully saturated rings. The Morgan fingerprint density at radius 3 is 1.35 bits per heavy atom. The summed E-state index contributed by atoms with van der Waals surface area (Å²) < 4.78 is 6.22. The molecule has 17 heavy (non-hydrogen) atoms. The average molecular weight is 238 g/mol. The largest absolute Gasteiger partial charge is 0.366 e. The maximum absolute atomic E-state index is 6.22. The lowest BCUT2D eigenvalue weighted by molar-refractivity contribution is -0.0717. The zero-order valence-electron chi connectivity index (χ0n) is 12.5. The first-order chi connectivity index (χ1) is 7.75. The summed E-state index contributed by atoms with van der Waals surface area (Å²) in [6.45, 7) is 21.1. The first kappa shape index (κ1) is 16.4. The molecule has 0 aliphatic heterocycles. The summed E-state index contributed by atoms with van der Waals surface area (Å²) in [4.78, 5) is 0. The third kappa shape index (κ3) is 4.31. The van der Waals surface area contributed by atoms with E-state index in [1.165, 1.54) is 0 Å². The molecule has 1 heteroatoms. The summed E-state index contributed by atoms with van der Waals surface area (Å²) >= 11 is 0. The van der Waals surface area contributed by atoms with Gasteiger partial charge in [0.15, 0.2) is 0 Å². The SMILES string of the molecule is C=CC(OC(C=C)C(C)(C)CC)C(C)(C)CC. The van der Waals surface area contributed by atoms with E-state index in [0.717, 1.165) is 12.8 Å². The molecule has 2 atom stereocenters. The first-order valence-corrected chi connectivity index (χ1v) is 6.65. The molecule has 0 bridgehead atoms. The molecule has 0 aliphatic carbocycles. The molecule has 0 aromatic heterocycles. The monoisotopic (exact) mass is 238 g/mol. The van der Waals surface area contributed by atoms with Crippen LogP contribution in [0, 0.1) is 10.8 Å². The van der Waals surface area contributed by atoms with Crippen molar-refractivity contribution in [3.63, 3.8) is 0 Å². The number of ether oxygens (including phenoxy) is 1. The topological polar surface area (TPSA) is 9.23 Å². The minimum atomic E-state index is 0.0707. The lowest BCUT2D eigenvalue weighted by Crippen LogP contribution is -2.38. The summed E-state index contributed by atoms with van der Waals surface area (Å²) in [6, 6.07) is 0. The summed E-state index contributed by atoms with van der Waals surface area (Å²) in [5.41, 5.74) is 0.236. The maximum Gasteiger partial charge on any atom is 0.0812 e. The molecular formula is C16H30O. The lowest BCUT2D eigenvalue weighted by atomic mass is 9.81. The van der Waals surface area contributed by atoms with Gasteiger partial charge in [0.25, 0.3) is 0 Å². The highest BCUT2D eigenvalue weighted by atomic mass is 16.5. The Morgan fingerprint density at radius 1 is 0.882 bits per heavy atom. The highest BCUT2D eigenvalue weighted by Crippen LogP contribution is 2.34. The normalized spacial score (nSPS) is 16.4. The van der Waals surface area contributed by atoms with Gasteiger partial charge in [-0.15, -0.1) is 13.2 Å². The molecule has 0 saturated heterocycles. The van der Waals surface area contributed by atoms with Crippen molar-refractivity contribution in [2.45, 2.75) is 66.6 Å². The van der Waals surface area contributed by atoms with Crippen molar-refractivity contribution in [2.75, 3.05) is 0 Å². The molecule has 100 valence electrons. The summed E-state index contributed by atoms with van der Waals surface area (Å²) in [5.74, 6) is 0. The van der Waals surface area contributed by atoms with E-state index in [0.29, 0.717) is 0 Å².